The van der Waals surface area contributed by atoms with Gasteiger partial charge in [-0.15, -0.1) is 11.6 Å². The largest absolute Gasteiger partial charge is 0.370 e. The number of nitrogens with one attached hydrogen (secondary N) is 1. The van der Waals surface area contributed by atoms with E-state index in [1.54, 1.807) is 0 Å². The van der Waals surface area contributed by atoms with E-state index in [4.69, 9.17) is 11.6 Å². The second-order valence-electron chi connectivity index (χ2n) is 4.34. The number of benzene rings is 1. The van der Waals surface area contributed by atoms with Gasteiger partial charge in [-0.2, -0.15) is 0 Å². The first-order valence-corrected chi connectivity index (χ1v) is 7.32. The lowest BCUT2D eigenvalue weighted by molar-refractivity contribution is 0.749. The number of halogens is 2. The molecule has 1 heterocycles. The van der Waals surface area contributed by atoms with Gasteiger partial charge < -0.3 is 5.32 Å². The summed E-state index contributed by atoms with van der Waals surface area (Å²) in [5.74, 6) is 0.941. The number of hydrogen-bond donors (Lipinski definition) is 1. The first-order valence-electron chi connectivity index (χ1n) is 6.09. The number of alkyl halides is 1. The van der Waals surface area contributed by atoms with Crippen molar-refractivity contribution < 1.29 is 0 Å². The van der Waals surface area contributed by atoms with Crippen LogP contribution in [0.15, 0.2) is 34.9 Å². The molecule has 4 heteroatoms. The highest BCUT2D eigenvalue weighted by atomic mass is 79.9. The van der Waals surface area contributed by atoms with Crippen molar-refractivity contribution in [1.82, 2.24) is 4.98 Å². The lowest BCUT2D eigenvalue weighted by Gasteiger charge is -2.09. The van der Waals surface area contributed by atoms with Crippen LogP contribution in [0.4, 0.5) is 5.82 Å². The zero-order valence-electron chi connectivity index (χ0n) is 10.3. The van der Waals surface area contributed by atoms with Crippen LogP contribution < -0.4 is 5.32 Å². The fourth-order valence-electron chi connectivity index (χ4n) is 1.90. The van der Waals surface area contributed by atoms with Crippen LogP contribution in [0.5, 0.6) is 0 Å². The fourth-order valence-corrected chi connectivity index (χ4v) is 2.55. The van der Waals surface area contributed by atoms with Crippen molar-refractivity contribution in [3.05, 3.63) is 34.9 Å². The van der Waals surface area contributed by atoms with Crippen molar-refractivity contribution in [3.8, 4) is 0 Å². The van der Waals surface area contributed by atoms with Crippen LogP contribution in [0.3, 0.4) is 0 Å². The Bertz CT molecular complexity index is 528. The summed E-state index contributed by atoms with van der Waals surface area (Å²) >= 11 is 9.48. The van der Waals surface area contributed by atoms with Crippen LogP contribution in [-0.4, -0.2) is 16.9 Å². The molecule has 0 saturated heterocycles. The van der Waals surface area contributed by atoms with Gasteiger partial charge in [0, 0.05) is 33.4 Å². The van der Waals surface area contributed by atoms with Gasteiger partial charge in [-0.05, 0) is 31.9 Å². The Balaban J connectivity index is 2.11. The van der Waals surface area contributed by atoms with E-state index in [1.165, 1.54) is 5.39 Å². The Morgan fingerprint density at radius 3 is 2.94 bits per heavy atom. The quantitative estimate of drug-likeness (QED) is 0.629. The molecule has 0 amide bonds. The summed E-state index contributed by atoms with van der Waals surface area (Å²) < 4.78 is 1.10. The first kappa shape index (κ1) is 13.6. The molecule has 1 atom stereocenters. The second-order valence-corrected chi connectivity index (χ2v) is 5.94. The molecule has 0 radical (unpaired) electrons. The van der Waals surface area contributed by atoms with Crippen LogP contribution in [0.25, 0.3) is 10.8 Å². The fraction of sp³-hybridized carbons (Fsp3) is 0.357. The number of nitrogens with zero attached hydrogens (tertiary/aromatic N) is 1. The number of rotatable bonds is 5. The Morgan fingerprint density at radius 1 is 1.33 bits per heavy atom. The van der Waals surface area contributed by atoms with Crippen LogP contribution in [0, 0.1) is 0 Å². The van der Waals surface area contributed by atoms with Crippen LogP contribution >= 0.6 is 27.5 Å². The third kappa shape index (κ3) is 3.36. The third-order valence-corrected chi connectivity index (χ3v) is 3.73. The summed E-state index contributed by atoms with van der Waals surface area (Å²) in [5.41, 5.74) is 0. The van der Waals surface area contributed by atoms with Gasteiger partial charge in [-0.1, -0.05) is 28.1 Å². The van der Waals surface area contributed by atoms with E-state index < -0.39 is 0 Å². The van der Waals surface area contributed by atoms with Crippen molar-refractivity contribution in [3.63, 3.8) is 0 Å². The maximum absolute atomic E-state index is 5.93. The summed E-state index contributed by atoms with van der Waals surface area (Å²) in [5, 5.41) is 5.94. The molecule has 0 aliphatic carbocycles. The predicted molar refractivity (Wildman–Crippen MR) is 82.5 cm³/mol. The van der Waals surface area contributed by atoms with Gasteiger partial charge in [0.1, 0.15) is 5.82 Å². The van der Waals surface area contributed by atoms with Crippen molar-refractivity contribution in [2.75, 3.05) is 11.9 Å². The van der Waals surface area contributed by atoms with E-state index in [0.717, 1.165) is 35.1 Å². The highest BCUT2D eigenvalue weighted by molar-refractivity contribution is 9.10. The van der Waals surface area contributed by atoms with E-state index in [9.17, 15) is 0 Å². The molecule has 18 heavy (non-hydrogen) atoms. The smallest absolute Gasteiger partial charge is 0.133 e. The predicted octanol–water partition coefficient (Wildman–Crippen LogP) is 4.82. The van der Waals surface area contributed by atoms with Gasteiger partial charge in [0.15, 0.2) is 0 Å². The average Bonchev–Trinajstić information content (AvgIpc) is 2.35. The molecule has 0 spiro atoms. The van der Waals surface area contributed by atoms with E-state index in [0.29, 0.717) is 0 Å². The Hall–Kier alpha value is -0.800. The lowest BCUT2D eigenvalue weighted by atomic mass is 10.1. The molecule has 0 aliphatic rings. The molecule has 0 saturated carbocycles. The monoisotopic (exact) mass is 326 g/mol. The van der Waals surface area contributed by atoms with Gasteiger partial charge in [0.25, 0.3) is 0 Å². The molecule has 0 aliphatic heterocycles. The minimum atomic E-state index is 0.237. The van der Waals surface area contributed by atoms with Gasteiger partial charge in [0.2, 0.25) is 0 Å². The topological polar surface area (TPSA) is 24.9 Å². The van der Waals surface area contributed by atoms with Crippen molar-refractivity contribution >= 4 is 44.1 Å². The maximum Gasteiger partial charge on any atom is 0.133 e. The van der Waals surface area contributed by atoms with Gasteiger partial charge in [-0.3, -0.25) is 0 Å². The van der Waals surface area contributed by atoms with Crippen LogP contribution in [0.2, 0.25) is 0 Å². The number of aromatic nitrogens is 1. The Labute approximate surface area is 121 Å². The Morgan fingerprint density at radius 2 is 2.17 bits per heavy atom. The van der Waals surface area contributed by atoms with E-state index in [1.807, 2.05) is 31.3 Å². The number of pyridine rings is 1. The summed E-state index contributed by atoms with van der Waals surface area (Å²) in [6.07, 6.45) is 3.90. The highest BCUT2D eigenvalue weighted by Crippen LogP contribution is 2.27. The molecule has 0 fully saturated rings. The summed E-state index contributed by atoms with van der Waals surface area (Å²) in [7, 11) is 0. The van der Waals surface area contributed by atoms with Crippen LogP contribution in [0.1, 0.15) is 19.8 Å². The SMILES string of the molecule is CC(Cl)CCCNc1nccc2c(Br)cccc12. The van der Waals surface area contributed by atoms with Crippen LogP contribution in [-0.2, 0) is 0 Å². The first-order chi connectivity index (χ1) is 8.68. The average molecular weight is 328 g/mol. The minimum absolute atomic E-state index is 0.237. The molecular formula is C14H16BrClN2. The number of anilines is 1. The third-order valence-electron chi connectivity index (χ3n) is 2.82. The maximum atomic E-state index is 5.93. The number of hydrogen-bond acceptors (Lipinski definition) is 2. The molecule has 1 aromatic carbocycles. The van der Waals surface area contributed by atoms with Crippen molar-refractivity contribution in [1.29, 1.82) is 0 Å². The minimum Gasteiger partial charge on any atom is -0.370 e. The normalized spacial score (nSPS) is 12.6. The lowest BCUT2D eigenvalue weighted by Crippen LogP contribution is -2.05. The van der Waals surface area contributed by atoms with Gasteiger partial charge >= 0.3 is 0 Å². The van der Waals surface area contributed by atoms with E-state index in [-0.39, 0.29) is 5.38 Å². The van der Waals surface area contributed by atoms with Gasteiger partial charge in [-0.25, -0.2) is 4.98 Å². The highest BCUT2D eigenvalue weighted by Gasteiger charge is 2.04. The second kappa shape index (κ2) is 6.39. The molecule has 96 valence electrons. The standard InChI is InChI=1S/C14H16BrClN2/c1-10(16)4-3-8-17-14-12-5-2-6-13(15)11(12)7-9-18-14/h2,5-7,9-10H,3-4,8H2,1H3,(H,17,18). The summed E-state index contributed by atoms with van der Waals surface area (Å²) in [6, 6.07) is 8.17. The molecule has 0 bridgehead atoms. The zero-order valence-corrected chi connectivity index (χ0v) is 12.6. The molecule has 1 aromatic heterocycles. The van der Waals surface area contributed by atoms with E-state index >= 15 is 0 Å². The zero-order chi connectivity index (χ0) is 13.0. The molecule has 1 unspecified atom stereocenters. The van der Waals surface area contributed by atoms with Gasteiger partial charge in [0.05, 0.1) is 0 Å². The molecule has 2 aromatic rings. The van der Waals surface area contributed by atoms with Crippen molar-refractivity contribution in [2.45, 2.75) is 25.1 Å². The van der Waals surface area contributed by atoms with Crippen molar-refractivity contribution in [2.24, 2.45) is 0 Å². The Kier molecular flexibility index (Phi) is 4.84. The molecule has 2 rings (SSSR count). The van der Waals surface area contributed by atoms with E-state index in [2.05, 4.69) is 32.3 Å². The summed E-state index contributed by atoms with van der Waals surface area (Å²) in [6.45, 7) is 2.92. The molecule has 1 N–H and O–H groups in total. The molecule has 2 nitrogen and oxygen atoms in total. The number of fused-ring (bicyclic) bond motifs is 1. The molecular weight excluding hydrogens is 312 g/mol. The summed E-state index contributed by atoms with van der Waals surface area (Å²) in [4.78, 5) is 4.40.